The molecule has 0 fully saturated rings. The van der Waals surface area contributed by atoms with Crippen molar-refractivity contribution in [2.45, 2.75) is 13.8 Å². The highest BCUT2D eigenvalue weighted by molar-refractivity contribution is 6.05. The second kappa shape index (κ2) is 7.19. The summed E-state index contributed by atoms with van der Waals surface area (Å²) in [5.74, 6) is 0.561. The van der Waals surface area contributed by atoms with Crippen molar-refractivity contribution in [1.82, 2.24) is 9.38 Å². The molecule has 2 aromatic carbocycles. The van der Waals surface area contributed by atoms with Gasteiger partial charge in [-0.15, -0.1) is 0 Å². The number of fused-ring (bicyclic) bond motifs is 1. The van der Waals surface area contributed by atoms with Crippen molar-refractivity contribution in [3.05, 3.63) is 83.7 Å². The third-order valence-electron chi connectivity index (χ3n) is 4.81. The normalized spacial score (nSPS) is 10.8. The third-order valence-corrected chi connectivity index (χ3v) is 4.81. The Bertz CT molecular complexity index is 1160. The number of rotatable bonds is 4. The summed E-state index contributed by atoms with van der Waals surface area (Å²) in [6, 6.07) is 17.1. The molecule has 2 aromatic heterocycles. The van der Waals surface area contributed by atoms with E-state index in [0.29, 0.717) is 5.56 Å². The number of methoxy groups -OCH3 is 1. The number of hydrogen-bond donors (Lipinski definition) is 1. The van der Waals surface area contributed by atoms with E-state index in [0.717, 1.165) is 39.5 Å². The molecule has 5 nitrogen and oxygen atoms in total. The zero-order valence-corrected chi connectivity index (χ0v) is 16.1. The Kier molecular flexibility index (Phi) is 4.57. The maximum atomic E-state index is 12.6. The number of benzene rings is 2. The molecule has 0 unspecified atom stereocenters. The molecule has 0 saturated carbocycles. The fourth-order valence-electron chi connectivity index (χ4n) is 3.15. The van der Waals surface area contributed by atoms with Gasteiger partial charge in [-0.25, -0.2) is 4.98 Å². The Balaban J connectivity index is 1.64. The lowest BCUT2D eigenvalue weighted by Crippen LogP contribution is -2.12. The van der Waals surface area contributed by atoms with Crippen LogP contribution in [0, 0.1) is 13.8 Å². The topological polar surface area (TPSA) is 55.6 Å². The molecule has 0 bridgehead atoms. The monoisotopic (exact) mass is 371 g/mol. The Morgan fingerprint density at radius 2 is 1.82 bits per heavy atom. The molecule has 0 aliphatic rings. The minimum Gasteiger partial charge on any atom is -0.497 e. The van der Waals surface area contributed by atoms with Gasteiger partial charge in [0, 0.05) is 29.2 Å². The molecule has 0 radical (unpaired) electrons. The first-order chi connectivity index (χ1) is 13.5. The van der Waals surface area contributed by atoms with Gasteiger partial charge in [-0.3, -0.25) is 4.79 Å². The lowest BCUT2D eigenvalue weighted by molar-refractivity contribution is 0.102. The van der Waals surface area contributed by atoms with E-state index >= 15 is 0 Å². The van der Waals surface area contributed by atoms with Crippen molar-refractivity contribution < 1.29 is 9.53 Å². The van der Waals surface area contributed by atoms with Crippen LogP contribution >= 0.6 is 0 Å². The van der Waals surface area contributed by atoms with E-state index in [9.17, 15) is 4.79 Å². The number of carbonyl (C=O) groups excluding carboxylic acids is 1. The van der Waals surface area contributed by atoms with Crippen molar-refractivity contribution >= 4 is 17.2 Å². The smallest absolute Gasteiger partial charge is 0.255 e. The molecule has 2 heterocycles. The van der Waals surface area contributed by atoms with Crippen LogP contribution in [0.25, 0.3) is 16.9 Å². The standard InChI is InChI=1S/C23H21N3O2/c1-15-6-7-18(21-14-26-12-4-5-16(2)22(26)24-21)13-20(15)25-23(27)17-8-10-19(28-3)11-9-17/h4-14H,1-3H3,(H,25,27). The molecule has 0 aliphatic carbocycles. The van der Waals surface area contributed by atoms with Gasteiger partial charge >= 0.3 is 0 Å². The molecule has 4 rings (SSSR count). The lowest BCUT2D eigenvalue weighted by atomic mass is 10.1. The minimum atomic E-state index is -0.159. The van der Waals surface area contributed by atoms with Crippen LogP contribution in [0.5, 0.6) is 5.75 Å². The maximum Gasteiger partial charge on any atom is 0.255 e. The molecule has 0 spiro atoms. The van der Waals surface area contributed by atoms with Gasteiger partial charge in [-0.2, -0.15) is 0 Å². The molecule has 1 amide bonds. The number of ether oxygens (including phenoxy) is 1. The molecule has 140 valence electrons. The number of nitrogens with one attached hydrogen (secondary N) is 1. The summed E-state index contributed by atoms with van der Waals surface area (Å²) >= 11 is 0. The molecule has 0 saturated heterocycles. The fraction of sp³-hybridized carbons (Fsp3) is 0.130. The quantitative estimate of drug-likeness (QED) is 0.556. The van der Waals surface area contributed by atoms with Crippen molar-refractivity contribution in [2.24, 2.45) is 0 Å². The molecule has 0 aliphatic heterocycles. The van der Waals surface area contributed by atoms with Gasteiger partial charge in [0.2, 0.25) is 0 Å². The molecule has 0 atom stereocenters. The second-order valence-electron chi connectivity index (χ2n) is 6.76. The Labute approximate surface area is 163 Å². The van der Waals surface area contributed by atoms with Gasteiger partial charge in [-0.1, -0.05) is 18.2 Å². The first-order valence-electron chi connectivity index (χ1n) is 9.06. The van der Waals surface area contributed by atoms with Crippen LogP contribution < -0.4 is 10.1 Å². The molecule has 5 heteroatoms. The number of aryl methyl sites for hydroxylation is 2. The predicted octanol–water partition coefficient (Wildman–Crippen LogP) is 4.88. The predicted molar refractivity (Wildman–Crippen MR) is 111 cm³/mol. The van der Waals surface area contributed by atoms with Crippen molar-refractivity contribution in [3.63, 3.8) is 0 Å². The lowest BCUT2D eigenvalue weighted by Gasteiger charge is -2.10. The zero-order valence-electron chi connectivity index (χ0n) is 16.1. The van der Waals surface area contributed by atoms with E-state index in [1.165, 1.54) is 0 Å². The summed E-state index contributed by atoms with van der Waals surface area (Å²) in [7, 11) is 1.60. The van der Waals surface area contributed by atoms with Crippen molar-refractivity contribution in [1.29, 1.82) is 0 Å². The average molecular weight is 371 g/mol. The van der Waals surface area contributed by atoms with E-state index in [1.807, 2.05) is 61.0 Å². The molecular weight excluding hydrogens is 350 g/mol. The van der Waals surface area contributed by atoms with Crippen LogP contribution in [0.3, 0.4) is 0 Å². The number of imidazole rings is 1. The second-order valence-corrected chi connectivity index (χ2v) is 6.76. The van der Waals surface area contributed by atoms with Crippen LogP contribution in [0.4, 0.5) is 5.69 Å². The van der Waals surface area contributed by atoms with Gasteiger partial charge in [0.15, 0.2) is 0 Å². The number of anilines is 1. The fourth-order valence-corrected chi connectivity index (χ4v) is 3.15. The van der Waals surface area contributed by atoms with E-state index in [1.54, 1.807) is 31.4 Å². The molecular formula is C23H21N3O2. The van der Waals surface area contributed by atoms with Gasteiger partial charge in [0.1, 0.15) is 11.4 Å². The highest BCUT2D eigenvalue weighted by atomic mass is 16.5. The highest BCUT2D eigenvalue weighted by Crippen LogP contribution is 2.26. The van der Waals surface area contributed by atoms with Crippen LogP contribution in [0.15, 0.2) is 67.0 Å². The average Bonchev–Trinajstić information content (AvgIpc) is 3.15. The summed E-state index contributed by atoms with van der Waals surface area (Å²) in [5.41, 5.74) is 6.22. The Hall–Kier alpha value is -3.60. The zero-order chi connectivity index (χ0) is 19.7. The van der Waals surface area contributed by atoms with Gasteiger partial charge in [-0.05, 0) is 61.4 Å². The first-order valence-corrected chi connectivity index (χ1v) is 9.06. The molecule has 28 heavy (non-hydrogen) atoms. The summed E-state index contributed by atoms with van der Waals surface area (Å²) in [6.07, 6.45) is 3.99. The summed E-state index contributed by atoms with van der Waals surface area (Å²) in [4.78, 5) is 17.4. The van der Waals surface area contributed by atoms with E-state index in [-0.39, 0.29) is 5.91 Å². The van der Waals surface area contributed by atoms with Crippen molar-refractivity contribution in [2.75, 3.05) is 12.4 Å². The number of carbonyl (C=O) groups is 1. The Morgan fingerprint density at radius 1 is 1.04 bits per heavy atom. The van der Waals surface area contributed by atoms with E-state index in [4.69, 9.17) is 9.72 Å². The number of amides is 1. The number of aromatic nitrogens is 2. The van der Waals surface area contributed by atoms with Crippen molar-refractivity contribution in [3.8, 4) is 17.0 Å². The molecule has 4 aromatic rings. The summed E-state index contributed by atoms with van der Waals surface area (Å²) in [5, 5.41) is 3.00. The van der Waals surface area contributed by atoms with E-state index in [2.05, 4.69) is 5.32 Å². The molecule has 1 N–H and O–H groups in total. The number of hydrogen-bond acceptors (Lipinski definition) is 3. The van der Waals surface area contributed by atoms with Crippen LogP contribution in [0.1, 0.15) is 21.5 Å². The highest BCUT2D eigenvalue weighted by Gasteiger charge is 2.11. The van der Waals surface area contributed by atoms with Gasteiger partial charge in [0.05, 0.1) is 12.8 Å². The number of nitrogens with zero attached hydrogens (tertiary/aromatic N) is 2. The Morgan fingerprint density at radius 3 is 2.54 bits per heavy atom. The van der Waals surface area contributed by atoms with E-state index < -0.39 is 0 Å². The summed E-state index contributed by atoms with van der Waals surface area (Å²) < 4.78 is 7.16. The minimum absolute atomic E-state index is 0.159. The maximum absolute atomic E-state index is 12.6. The third kappa shape index (κ3) is 3.34. The number of pyridine rings is 1. The van der Waals surface area contributed by atoms with Crippen LogP contribution in [0.2, 0.25) is 0 Å². The van der Waals surface area contributed by atoms with Gasteiger partial charge in [0.25, 0.3) is 5.91 Å². The van der Waals surface area contributed by atoms with Gasteiger partial charge < -0.3 is 14.5 Å². The van der Waals surface area contributed by atoms with Crippen LogP contribution in [-0.4, -0.2) is 22.4 Å². The SMILES string of the molecule is COc1ccc(C(=O)Nc2cc(-c3cn4cccc(C)c4n3)ccc2C)cc1. The van der Waals surface area contributed by atoms with Crippen LogP contribution in [-0.2, 0) is 0 Å². The first kappa shape index (κ1) is 17.8. The largest absolute Gasteiger partial charge is 0.497 e. The summed E-state index contributed by atoms with van der Waals surface area (Å²) in [6.45, 7) is 4.02.